The van der Waals surface area contributed by atoms with Crippen LogP contribution < -0.4 is 4.74 Å². The van der Waals surface area contributed by atoms with E-state index in [9.17, 15) is 12.8 Å². The molecule has 0 amide bonds. The predicted molar refractivity (Wildman–Crippen MR) is 59.1 cm³/mol. The van der Waals surface area contributed by atoms with Crippen LogP contribution in [-0.4, -0.2) is 15.5 Å². The van der Waals surface area contributed by atoms with Gasteiger partial charge >= 0.3 is 0 Å². The van der Waals surface area contributed by atoms with E-state index in [0.29, 0.717) is 4.47 Å². The van der Waals surface area contributed by atoms with Gasteiger partial charge in [0.25, 0.3) is 0 Å². The lowest BCUT2D eigenvalue weighted by atomic mass is 10.2. The van der Waals surface area contributed by atoms with Gasteiger partial charge in [0.05, 0.1) is 12.9 Å². The van der Waals surface area contributed by atoms with Gasteiger partial charge in [-0.25, -0.2) is 12.8 Å². The Morgan fingerprint density at radius 2 is 2.13 bits per heavy atom. The molecule has 0 saturated carbocycles. The van der Waals surface area contributed by atoms with Crippen molar-refractivity contribution in [1.29, 1.82) is 0 Å². The summed E-state index contributed by atoms with van der Waals surface area (Å²) in [5.41, 5.74) is -0.0313. The van der Waals surface area contributed by atoms with Gasteiger partial charge in [0.15, 0.2) is 11.6 Å². The first-order chi connectivity index (χ1) is 6.83. The number of benzene rings is 1. The van der Waals surface area contributed by atoms with Gasteiger partial charge < -0.3 is 4.74 Å². The number of hydrogen-bond acceptors (Lipinski definition) is 3. The Kier molecular flexibility index (Phi) is 3.97. The minimum atomic E-state index is -3.79. The summed E-state index contributed by atoms with van der Waals surface area (Å²) in [6, 6.07) is 2.75. The smallest absolute Gasteiger partial charge is 0.236 e. The van der Waals surface area contributed by atoms with Crippen LogP contribution in [-0.2, 0) is 14.8 Å². The average Bonchev–Trinajstić information content (AvgIpc) is 2.08. The Balaban J connectivity index is 3.24. The van der Waals surface area contributed by atoms with Gasteiger partial charge in [-0.2, -0.15) is 0 Å². The lowest BCUT2D eigenvalue weighted by Crippen LogP contribution is -2.00. The molecule has 0 heterocycles. The molecule has 0 bridgehead atoms. The van der Waals surface area contributed by atoms with Crippen molar-refractivity contribution in [3.8, 4) is 5.75 Å². The van der Waals surface area contributed by atoms with Crippen LogP contribution in [0.2, 0.25) is 0 Å². The molecule has 0 aliphatic rings. The summed E-state index contributed by atoms with van der Waals surface area (Å²) in [5.74, 6) is -1.32. The van der Waals surface area contributed by atoms with E-state index >= 15 is 0 Å². The highest BCUT2D eigenvalue weighted by Gasteiger charge is 2.16. The molecule has 0 fully saturated rings. The van der Waals surface area contributed by atoms with Gasteiger partial charge in [0.2, 0.25) is 9.05 Å². The van der Waals surface area contributed by atoms with Gasteiger partial charge in [-0.15, -0.1) is 0 Å². The number of halogens is 3. The van der Waals surface area contributed by atoms with Crippen LogP contribution >= 0.6 is 26.6 Å². The fraction of sp³-hybridized carbons (Fsp3) is 0.250. The number of rotatable bonds is 3. The van der Waals surface area contributed by atoms with E-state index in [-0.39, 0.29) is 11.3 Å². The molecule has 1 rings (SSSR count). The fourth-order valence-corrected chi connectivity index (χ4v) is 2.48. The molecule has 84 valence electrons. The Bertz CT molecular complexity index is 475. The minimum Gasteiger partial charge on any atom is -0.494 e. The molecule has 7 heteroatoms. The quantitative estimate of drug-likeness (QED) is 0.805. The van der Waals surface area contributed by atoms with Crippen LogP contribution in [0.5, 0.6) is 5.75 Å². The summed E-state index contributed by atoms with van der Waals surface area (Å²) in [5, 5.41) is 0. The Morgan fingerprint density at radius 1 is 1.53 bits per heavy atom. The third-order valence-electron chi connectivity index (χ3n) is 1.63. The van der Waals surface area contributed by atoms with Crippen LogP contribution in [0.1, 0.15) is 5.56 Å². The molecule has 0 unspecified atom stereocenters. The van der Waals surface area contributed by atoms with Gasteiger partial charge in [-0.1, -0.05) is 15.9 Å². The summed E-state index contributed by atoms with van der Waals surface area (Å²) >= 11 is 3.11. The number of hydrogen-bond donors (Lipinski definition) is 0. The first kappa shape index (κ1) is 12.7. The second-order valence-corrected chi connectivity index (χ2v) is 6.46. The third-order valence-corrected chi connectivity index (χ3v) is 3.07. The van der Waals surface area contributed by atoms with E-state index in [0.717, 1.165) is 0 Å². The number of methoxy groups -OCH3 is 1. The molecule has 0 spiro atoms. The zero-order valence-electron chi connectivity index (χ0n) is 7.63. The Hall–Kier alpha value is -0.330. The maximum absolute atomic E-state index is 13.5. The van der Waals surface area contributed by atoms with Crippen molar-refractivity contribution < 1.29 is 17.5 Å². The fourth-order valence-electron chi connectivity index (χ4n) is 1.06. The van der Waals surface area contributed by atoms with Crippen molar-refractivity contribution in [2.45, 2.75) is 5.75 Å². The first-order valence-electron chi connectivity index (χ1n) is 3.77. The van der Waals surface area contributed by atoms with Gasteiger partial charge in [-0.05, 0) is 12.1 Å². The van der Waals surface area contributed by atoms with Crippen molar-refractivity contribution in [1.82, 2.24) is 0 Å². The molecule has 0 aliphatic heterocycles. The molecule has 15 heavy (non-hydrogen) atoms. The van der Waals surface area contributed by atoms with Gasteiger partial charge in [-0.3, -0.25) is 0 Å². The second-order valence-electron chi connectivity index (χ2n) is 2.76. The average molecular weight is 318 g/mol. The maximum atomic E-state index is 13.5. The van der Waals surface area contributed by atoms with Crippen molar-refractivity contribution in [2.75, 3.05) is 7.11 Å². The van der Waals surface area contributed by atoms with Crippen LogP contribution in [0.4, 0.5) is 4.39 Å². The molecule has 0 radical (unpaired) electrons. The highest BCUT2D eigenvalue weighted by molar-refractivity contribution is 9.10. The first-order valence-corrected chi connectivity index (χ1v) is 7.05. The van der Waals surface area contributed by atoms with Crippen molar-refractivity contribution in [3.05, 3.63) is 28.0 Å². The third kappa shape index (κ3) is 3.62. The normalized spacial score (nSPS) is 11.5. The monoisotopic (exact) mass is 316 g/mol. The van der Waals surface area contributed by atoms with E-state index < -0.39 is 20.6 Å². The highest BCUT2D eigenvalue weighted by Crippen LogP contribution is 2.27. The van der Waals surface area contributed by atoms with Crippen LogP contribution in [0, 0.1) is 5.82 Å². The minimum absolute atomic E-state index is 0.0281. The summed E-state index contributed by atoms with van der Waals surface area (Å²) in [6.07, 6.45) is 0. The second kappa shape index (κ2) is 4.67. The molecule has 3 nitrogen and oxygen atoms in total. The molecule has 0 aromatic heterocycles. The van der Waals surface area contributed by atoms with Crippen LogP contribution in [0.15, 0.2) is 16.6 Å². The molecular weight excluding hydrogens is 311 g/mol. The molecular formula is C8H7BrClFO3S. The lowest BCUT2D eigenvalue weighted by molar-refractivity contribution is 0.384. The van der Waals surface area contributed by atoms with Crippen LogP contribution in [0.25, 0.3) is 0 Å². The van der Waals surface area contributed by atoms with E-state index in [4.69, 9.17) is 15.4 Å². The molecule has 0 aliphatic carbocycles. The Labute approximate surface area is 99.7 Å². The molecule has 1 aromatic rings. The van der Waals surface area contributed by atoms with Crippen molar-refractivity contribution in [2.24, 2.45) is 0 Å². The lowest BCUT2D eigenvalue weighted by Gasteiger charge is -2.07. The molecule has 1 aromatic carbocycles. The van der Waals surface area contributed by atoms with E-state index in [2.05, 4.69) is 15.9 Å². The van der Waals surface area contributed by atoms with Crippen molar-refractivity contribution >= 4 is 35.7 Å². The SMILES string of the molecule is COc1cc(Br)cc(CS(=O)(=O)Cl)c1F. The van der Waals surface area contributed by atoms with E-state index in [1.807, 2.05) is 0 Å². The van der Waals surface area contributed by atoms with E-state index in [1.54, 1.807) is 0 Å². The van der Waals surface area contributed by atoms with Crippen molar-refractivity contribution in [3.63, 3.8) is 0 Å². The maximum Gasteiger partial charge on any atom is 0.236 e. The topological polar surface area (TPSA) is 43.4 Å². The zero-order valence-corrected chi connectivity index (χ0v) is 10.8. The zero-order chi connectivity index (χ0) is 11.6. The molecule has 0 atom stereocenters. The standard InChI is InChI=1S/C8H7BrClFO3S/c1-14-7-3-6(9)2-5(8(7)11)4-15(10,12)13/h2-3H,4H2,1H3. The summed E-state index contributed by atoms with van der Waals surface area (Å²) in [7, 11) is 2.55. The largest absolute Gasteiger partial charge is 0.494 e. The van der Waals surface area contributed by atoms with Gasteiger partial charge in [0, 0.05) is 20.7 Å². The van der Waals surface area contributed by atoms with Gasteiger partial charge in [0.1, 0.15) is 0 Å². The number of ether oxygens (including phenoxy) is 1. The summed E-state index contributed by atoms with van der Waals surface area (Å²) < 4.78 is 40.4. The van der Waals surface area contributed by atoms with Crippen LogP contribution in [0.3, 0.4) is 0 Å². The van der Waals surface area contributed by atoms with E-state index in [1.165, 1.54) is 19.2 Å². The molecule has 0 saturated heterocycles. The highest BCUT2D eigenvalue weighted by atomic mass is 79.9. The summed E-state index contributed by atoms with van der Waals surface area (Å²) in [4.78, 5) is 0. The Morgan fingerprint density at radius 3 is 2.60 bits per heavy atom. The molecule has 0 N–H and O–H groups in total. The summed E-state index contributed by atoms with van der Waals surface area (Å²) in [6.45, 7) is 0. The predicted octanol–water partition coefficient (Wildman–Crippen LogP) is 2.67.